The maximum absolute atomic E-state index is 13.0. The number of carbonyl (C=O) groups excluding carboxylic acids is 1. The Morgan fingerprint density at radius 1 is 1.04 bits per heavy atom. The molecular formula is C20H24FN3O. The van der Waals surface area contributed by atoms with Crippen molar-refractivity contribution in [2.75, 3.05) is 31.5 Å². The molecule has 1 aliphatic heterocycles. The van der Waals surface area contributed by atoms with Gasteiger partial charge < -0.3 is 10.2 Å². The predicted octanol–water partition coefficient (Wildman–Crippen LogP) is 2.97. The van der Waals surface area contributed by atoms with Crippen molar-refractivity contribution in [1.29, 1.82) is 0 Å². The number of benzene rings is 2. The highest BCUT2D eigenvalue weighted by Gasteiger charge is 2.24. The lowest BCUT2D eigenvalue weighted by Gasteiger charge is -2.36. The zero-order valence-electron chi connectivity index (χ0n) is 14.5. The summed E-state index contributed by atoms with van der Waals surface area (Å²) in [6.45, 7) is 6.00. The standard InChI is InChI=1S/C20H24FN3O/c1-16(22-19-9-7-18(21)8-10-19)20(25)24-13-11-23(12-14-24)15-17-5-3-2-4-6-17/h2-10,16,22H,11-15H2,1H3/t16-/m1/s1. The molecule has 1 aliphatic rings. The number of nitrogens with one attached hydrogen (secondary N) is 1. The van der Waals surface area contributed by atoms with Gasteiger partial charge >= 0.3 is 0 Å². The van der Waals surface area contributed by atoms with E-state index >= 15 is 0 Å². The molecule has 2 aromatic carbocycles. The van der Waals surface area contributed by atoms with Gasteiger partial charge in [0.25, 0.3) is 0 Å². The summed E-state index contributed by atoms with van der Waals surface area (Å²) in [7, 11) is 0. The molecule has 1 amide bonds. The van der Waals surface area contributed by atoms with E-state index in [0.717, 1.165) is 38.4 Å². The summed E-state index contributed by atoms with van der Waals surface area (Å²) in [5.74, 6) is -0.192. The second-order valence-electron chi connectivity index (χ2n) is 6.46. The number of hydrogen-bond donors (Lipinski definition) is 1. The van der Waals surface area contributed by atoms with Gasteiger partial charge in [0.05, 0.1) is 0 Å². The molecule has 2 aromatic rings. The van der Waals surface area contributed by atoms with E-state index in [1.807, 2.05) is 17.9 Å². The molecule has 0 aromatic heterocycles. The lowest BCUT2D eigenvalue weighted by Crippen LogP contribution is -2.51. The topological polar surface area (TPSA) is 35.6 Å². The van der Waals surface area contributed by atoms with E-state index in [2.05, 4.69) is 34.5 Å². The predicted molar refractivity (Wildman–Crippen MR) is 97.8 cm³/mol. The lowest BCUT2D eigenvalue weighted by atomic mass is 10.2. The van der Waals surface area contributed by atoms with Gasteiger partial charge in [0.15, 0.2) is 0 Å². The first-order chi connectivity index (χ1) is 12.1. The van der Waals surface area contributed by atoms with Crippen molar-refractivity contribution in [1.82, 2.24) is 9.80 Å². The molecule has 132 valence electrons. The molecule has 1 heterocycles. The number of halogens is 1. The molecule has 1 N–H and O–H groups in total. The van der Waals surface area contributed by atoms with Gasteiger partial charge in [0.1, 0.15) is 11.9 Å². The summed E-state index contributed by atoms with van der Waals surface area (Å²) in [4.78, 5) is 16.9. The van der Waals surface area contributed by atoms with E-state index < -0.39 is 0 Å². The summed E-state index contributed by atoms with van der Waals surface area (Å²) < 4.78 is 13.0. The summed E-state index contributed by atoms with van der Waals surface area (Å²) in [5, 5.41) is 3.15. The Morgan fingerprint density at radius 3 is 2.32 bits per heavy atom. The van der Waals surface area contributed by atoms with Gasteiger partial charge in [-0.2, -0.15) is 0 Å². The van der Waals surface area contributed by atoms with E-state index in [0.29, 0.717) is 0 Å². The fourth-order valence-corrected chi connectivity index (χ4v) is 3.10. The van der Waals surface area contributed by atoms with E-state index in [1.54, 1.807) is 12.1 Å². The molecule has 0 saturated carbocycles. The first kappa shape index (κ1) is 17.4. The second kappa shape index (κ2) is 8.12. The zero-order chi connectivity index (χ0) is 17.6. The molecule has 0 bridgehead atoms. The van der Waals surface area contributed by atoms with Crippen LogP contribution in [0.15, 0.2) is 54.6 Å². The van der Waals surface area contributed by atoms with Crippen LogP contribution in [0, 0.1) is 5.82 Å². The van der Waals surface area contributed by atoms with Crippen LogP contribution in [0.1, 0.15) is 12.5 Å². The Hall–Kier alpha value is -2.40. The molecule has 25 heavy (non-hydrogen) atoms. The largest absolute Gasteiger partial charge is 0.374 e. The third kappa shape index (κ3) is 4.79. The van der Waals surface area contributed by atoms with Crippen molar-refractivity contribution < 1.29 is 9.18 Å². The minimum Gasteiger partial charge on any atom is -0.374 e. The van der Waals surface area contributed by atoms with Gasteiger partial charge in [-0.25, -0.2) is 4.39 Å². The van der Waals surface area contributed by atoms with Crippen LogP contribution in [0.2, 0.25) is 0 Å². The van der Waals surface area contributed by atoms with Crippen LogP contribution in [0.25, 0.3) is 0 Å². The van der Waals surface area contributed by atoms with E-state index in [1.165, 1.54) is 17.7 Å². The van der Waals surface area contributed by atoms with E-state index in [9.17, 15) is 9.18 Å². The van der Waals surface area contributed by atoms with Gasteiger partial charge in [-0.05, 0) is 36.8 Å². The quantitative estimate of drug-likeness (QED) is 0.908. The Balaban J connectivity index is 1.48. The van der Waals surface area contributed by atoms with Crippen LogP contribution in [-0.2, 0) is 11.3 Å². The van der Waals surface area contributed by atoms with Gasteiger partial charge in [0, 0.05) is 38.4 Å². The van der Waals surface area contributed by atoms with Gasteiger partial charge in [-0.1, -0.05) is 30.3 Å². The third-order valence-electron chi connectivity index (χ3n) is 4.53. The van der Waals surface area contributed by atoms with Crippen LogP contribution >= 0.6 is 0 Å². The molecule has 0 aliphatic carbocycles. The van der Waals surface area contributed by atoms with Gasteiger partial charge in [0.2, 0.25) is 5.91 Å². The minimum absolute atomic E-state index is 0.0867. The normalized spacial score (nSPS) is 16.5. The molecule has 1 atom stereocenters. The monoisotopic (exact) mass is 341 g/mol. The van der Waals surface area contributed by atoms with Crippen LogP contribution < -0.4 is 5.32 Å². The van der Waals surface area contributed by atoms with E-state index in [-0.39, 0.29) is 17.8 Å². The first-order valence-corrected chi connectivity index (χ1v) is 8.69. The van der Waals surface area contributed by atoms with E-state index in [4.69, 9.17) is 0 Å². The molecule has 0 unspecified atom stereocenters. The summed E-state index contributed by atoms with van der Waals surface area (Å²) in [6, 6.07) is 16.1. The average molecular weight is 341 g/mol. The smallest absolute Gasteiger partial charge is 0.244 e. The number of nitrogens with zero attached hydrogens (tertiary/aromatic N) is 2. The van der Waals surface area contributed by atoms with Crippen molar-refractivity contribution in [2.45, 2.75) is 19.5 Å². The highest BCUT2D eigenvalue weighted by molar-refractivity contribution is 5.84. The number of rotatable bonds is 5. The maximum Gasteiger partial charge on any atom is 0.244 e. The molecular weight excluding hydrogens is 317 g/mol. The zero-order valence-corrected chi connectivity index (χ0v) is 14.5. The third-order valence-corrected chi connectivity index (χ3v) is 4.53. The number of anilines is 1. The number of piperazine rings is 1. The molecule has 4 nitrogen and oxygen atoms in total. The highest BCUT2D eigenvalue weighted by atomic mass is 19.1. The molecule has 3 rings (SSSR count). The van der Waals surface area contributed by atoms with Crippen LogP contribution in [0.4, 0.5) is 10.1 Å². The summed E-state index contributed by atoms with van der Waals surface area (Å²) in [5.41, 5.74) is 2.05. The van der Waals surface area contributed by atoms with Gasteiger partial charge in [-0.3, -0.25) is 9.69 Å². The Morgan fingerprint density at radius 2 is 1.68 bits per heavy atom. The summed E-state index contributed by atoms with van der Waals surface area (Å²) >= 11 is 0. The average Bonchev–Trinajstić information content (AvgIpc) is 2.64. The fraction of sp³-hybridized carbons (Fsp3) is 0.350. The SMILES string of the molecule is C[C@@H](Nc1ccc(F)cc1)C(=O)N1CCN(Cc2ccccc2)CC1. The number of hydrogen-bond acceptors (Lipinski definition) is 3. The van der Waals surface area contributed by atoms with Crippen LogP contribution in [0.3, 0.4) is 0 Å². The second-order valence-corrected chi connectivity index (χ2v) is 6.46. The molecule has 0 radical (unpaired) electrons. The van der Waals surface area contributed by atoms with Crippen molar-refractivity contribution in [2.24, 2.45) is 0 Å². The molecule has 1 saturated heterocycles. The summed E-state index contributed by atoms with van der Waals surface area (Å²) in [6.07, 6.45) is 0. The molecule has 1 fully saturated rings. The van der Waals surface area contributed by atoms with Crippen molar-refractivity contribution in [3.8, 4) is 0 Å². The van der Waals surface area contributed by atoms with Crippen LogP contribution in [-0.4, -0.2) is 47.9 Å². The minimum atomic E-state index is -0.328. The lowest BCUT2D eigenvalue weighted by molar-refractivity contribution is -0.133. The maximum atomic E-state index is 13.0. The number of carbonyl (C=O) groups is 1. The Bertz CT molecular complexity index is 682. The van der Waals surface area contributed by atoms with Crippen LogP contribution in [0.5, 0.6) is 0 Å². The fourth-order valence-electron chi connectivity index (χ4n) is 3.10. The van der Waals surface area contributed by atoms with Crippen molar-refractivity contribution in [3.05, 3.63) is 66.0 Å². The van der Waals surface area contributed by atoms with Crippen molar-refractivity contribution in [3.63, 3.8) is 0 Å². The first-order valence-electron chi connectivity index (χ1n) is 8.69. The molecule has 0 spiro atoms. The number of amides is 1. The Kier molecular flexibility index (Phi) is 5.66. The van der Waals surface area contributed by atoms with Crippen molar-refractivity contribution >= 4 is 11.6 Å². The van der Waals surface area contributed by atoms with Gasteiger partial charge in [-0.15, -0.1) is 0 Å². The molecule has 5 heteroatoms. The Labute approximate surface area is 148 Å². The highest BCUT2D eigenvalue weighted by Crippen LogP contribution is 2.13.